The van der Waals surface area contributed by atoms with E-state index >= 15 is 0 Å². The van der Waals surface area contributed by atoms with Gasteiger partial charge in [0.25, 0.3) is 0 Å². The van der Waals surface area contributed by atoms with Crippen LogP contribution in [0.4, 0.5) is 4.79 Å². The lowest BCUT2D eigenvalue weighted by Crippen LogP contribution is -2.35. The van der Waals surface area contributed by atoms with Crippen LogP contribution in [-0.4, -0.2) is 24.2 Å². The Kier molecular flexibility index (Phi) is 7.88. The Balaban J connectivity index is 1.98. The molecule has 1 N–H and O–H groups in total. The minimum Gasteiger partial charge on any atom is -0.444 e. The molecule has 1 amide bonds. The highest BCUT2D eigenvalue weighted by Crippen LogP contribution is 2.20. The van der Waals surface area contributed by atoms with Crippen molar-refractivity contribution in [1.29, 1.82) is 0 Å². The Morgan fingerprint density at radius 1 is 1.04 bits per heavy atom. The van der Waals surface area contributed by atoms with E-state index < -0.39 is 17.6 Å². The number of carbonyl (C=O) groups is 2. The number of ether oxygens (including phenoxy) is 2. The molecule has 0 saturated carbocycles. The van der Waals surface area contributed by atoms with Gasteiger partial charge in [-0.1, -0.05) is 41.9 Å². The predicted molar refractivity (Wildman–Crippen MR) is 110 cm³/mol. The molecule has 0 aromatic heterocycles. The summed E-state index contributed by atoms with van der Waals surface area (Å²) >= 11 is 5.87. The second-order valence-electron chi connectivity index (χ2n) is 7.48. The smallest absolute Gasteiger partial charge is 0.407 e. The number of rotatable bonds is 7. The maximum absolute atomic E-state index is 12.7. The summed E-state index contributed by atoms with van der Waals surface area (Å²) in [5.74, 6) is -0.322. The third kappa shape index (κ3) is 8.01. The summed E-state index contributed by atoms with van der Waals surface area (Å²) < 4.78 is 10.7. The highest BCUT2D eigenvalue weighted by molar-refractivity contribution is 6.30. The predicted octanol–water partition coefficient (Wildman–Crippen LogP) is 5.02. The van der Waals surface area contributed by atoms with Gasteiger partial charge < -0.3 is 14.8 Å². The van der Waals surface area contributed by atoms with Gasteiger partial charge in [-0.25, -0.2) is 4.79 Å². The molecule has 0 bridgehead atoms. The van der Waals surface area contributed by atoms with Crippen molar-refractivity contribution in [1.82, 2.24) is 5.32 Å². The monoisotopic (exact) mass is 403 g/mol. The Morgan fingerprint density at radius 2 is 1.68 bits per heavy atom. The van der Waals surface area contributed by atoms with Gasteiger partial charge in [0, 0.05) is 11.6 Å². The first-order chi connectivity index (χ1) is 13.2. The van der Waals surface area contributed by atoms with E-state index in [0.717, 1.165) is 5.56 Å². The van der Waals surface area contributed by atoms with Gasteiger partial charge >= 0.3 is 12.1 Å². The van der Waals surface area contributed by atoms with Crippen LogP contribution in [0.2, 0.25) is 5.02 Å². The maximum atomic E-state index is 12.7. The fourth-order valence-corrected chi connectivity index (χ4v) is 2.69. The van der Waals surface area contributed by atoms with E-state index in [2.05, 4.69) is 5.32 Å². The molecule has 0 saturated heterocycles. The zero-order valence-electron chi connectivity index (χ0n) is 16.4. The lowest BCUT2D eigenvalue weighted by atomic mass is 9.96. The molecular formula is C22H26ClNO4. The van der Waals surface area contributed by atoms with Crippen LogP contribution in [0.25, 0.3) is 0 Å². The van der Waals surface area contributed by atoms with Crippen LogP contribution in [-0.2, 0) is 16.0 Å². The molecule has 0 spiro atoms. The van der Waals surface area contributed by atoms with Crippen molar-refractivity contribution in [2.45, 2.75) is 39.2 Å². The molecule has 150 valence electrons. The molecule has 1 atom stereocenters. The zero-order valence-corrected chi connectivity index (χ0v) is 17.2. The topological polar surface area (TPSA) is 64.6 Å². The lowest BCUT2D eigenvalue weighted by Gasteiger charge is -2.20. The molecule has 0 fully saturated rings. The molecule has 28 heavy (non-hydrogen) atoms. The molecule has 5 nitrogen and oxygen atoms in total. The summed E-state index contributed by atoms with van der Waals surface area (Å²) in [4.78, 5) is 24.5. The lowest BCUT2D eigenvalue weighted by molar-refractivity contribution is -0.139. The van der Waals surface area contributed by atoms with Crippen LogP contribution in [0.3, 0.4) is 0 Å². The number of hydrogen-bond acceptors (Lipinski definition) is 4. The number of amides is 1. The molecule has 2 aromatic rings. The Bertz CT molecular complexity index is 769. The van der Waals surface area contributed by atoms with Crippen molar-refractivity contribution in [3.8, 4) is 5.75 Å². The van der Waals surface area contributed by atoms with Crippen molar-refractivity contribution in [2.24, 2.45) is 5.92 Å². The summed E-state index contributed by atoms with van der Waals surface area (Å²) in [6, 6.07) is 16.3. The highest BCUT2D eigenvalue weighted by atomic mass is 35.5. The average molecular weight is 404 g/mol. The van der Waals surface area contributed by atoms with Crippen molar-refractivity contribution >= 4 is 23.7 Å². The van der Waals surface area contributed by atoms with Gasteiger partial charge in [-0.3, -0.25) is 4.79 Å². The summed E-state index contributed by atoms with van der Waals surface area (Å²) in [5, 5.41) is 3.27. The van der Waals surface area contributed by atoms with Crippen LogP contribution < -0.4 is 10.1 Å². The molecular weight excluding hydrogens is 378 g/mol. The molecule has 6 heteroatoms. The van der Waals surface area contributed by atoms with E-state index in [1.54, 1.807) is 45.0 Å². The third-order valence-corrected chi connectivity index (χ3v) is 4.10. The van der Waals surface area contributed by atoms with Crippen LogP contribution in [0.15, 0.2) is 54.6 Å². The Labute approximate surface area is 171 Å². The van der Waals surface area contributed by atoms with E-state index in [0.29, 0.717) is 30.2 Å². The Hall–Kier alpha value is -2.53. The number of halogens is 1. The fourth-order valence-electron chi connectivity index (χ4n) is 2.57. The minimum atomic E-state index is -0.568. The van der Waals surface area contributed by atoms with Gasteiger partial charge in [0.2, 0.25) is 0 Å². The average Bonchev–Trinajstić information content (AvgIpc) is 2.62. The van der Waals surface area contributed by atoms with Crippen LogP contribution in [0, 0.1) is 5.92 Å². The standard InChI is InChI=1S/C22H26ClNO4/c1-22(2,3)28-21(26)24-14-13-17(15-16-7-5-4-6-8-16)20(25)27-19-11-9-18(23)10-12-19/h4-12,17H,13-15H2,1-3H3,(H,24,26). The maximum Gasteiger partial charge on any atom is 0.407 e. The first-order valence-corrected chi connectivity index (χ1v) is 9.59. The molecule has 0 heterocycles. The third-order valence-electron chi connectivity index (χ3n) is 3.85. The number of alkyl carbamates (subject to hydrolysis) is 1. The number of hydrogen-bond donors (Lipinski definition) is 1. The van der Waals surface area contributed by atoms with E-state index in [9.17, 15) is 9.59 Å². The molecule has 2 aromatic carbocycles. The Morgan fingerprint density at radius 3 is 2.29 bits per heavy atom. The summed E-state index contributed by atoms with van der Waals surface area (Å²) in [5.41, 5.74) is 0.457. The SMILES string of the molecule is CC(C)(C)OC(=O)NCCC(Cc1ccccc1)C(=O)Oc1ccc(Cl)cc1. The molecule has 1 unspecified atom stereocenters. The zero-order chi connectivity index (χ0) is 20.6. The quantitative estimate of drug-likeness (QED) is 0.520. The van der Waals surface area contributed by atoms with Gasteiger partial charge in [0.1, 0.15) is 11.4 Å². The van der Waals surface area contributed by atoms with E-state index in [1.807, 2.05) is 30.3 Å². The summed E-state index contributed by atoms with van der Waals surface area (Å²) in [6.07, 6.45) is 0.445. The summed E-state index contributed by atoms with van der Waals surface area (Å²) in [7, 11) is 0. The first-order valence-electron chi connectivity index (χ1n) is 9.21. The number of benzene rings is 2. The number of nitrogens with one attached hydrogen (secondary N) is 1. The first kappa shape index (κ1) is 21.8. The fraction of sp³-hybridized carbons (Fsp3) is 0.364. The van der Waals surface area contributed by atoms with Crippen molar-refractivity contribution < 1.29 is 19.1 Å². The number of carbonyl (C=O) groups excluding carboxylic acids is 2. The van der Waals surface area contributed by atoms with Crippen LogP contribution in [0.1, 0.15) is 32.8 Å². The van der Waals surface area contributed by atoms with Gasteiger partial charge in [0.15, 0.2) is 0 Å². The van der Waals surface area contributed by atoms with E-state index in [-0.39, 0.29) is 5.97 Å². The van der Waals surface area contributed by atoms with Gasteiger partial charge in [-0.2, -0.15) is 0 Å². The minimum absolute atomic E-state index is 0.308. The highest BCUT2D eigenvalue weighted by Gasteiger charge is 2.22. The van der Waals surface area contributed by atoms with Crippen molar-refractivity contribution in [2.75, 3.05) is 6.54 Å². The number of esters is 1. The van der Waals surface area contributed by atoms with E-state index in [4.69, 9.17) is 21.1 Å². The van der Waals surface area contributed by atoms with Crippen LogP contribution in [0.5, 0.6) is 5.75 Å². The van der Waals surface area contributed by atoms with Gasteiger partial charge in [-0.05, 0) is 63.4 Å². The molecule has 2 rings (SSSR count). The molecule has 0 aliphatic rings. The van der Waals surface area contributed by atoms with Gasteiger partial charge in [0.05, 0.1) is 5.92 Å². The molecule has 0 radical (unpaired) electrons. The largest absolute Gasteiger partial charge is 0.444 e. The van der Waals surface area contributed by atoms with Crippen molar-refractivity contribution in [3.05, 3.63) is 65.2 Å². The second kappa shape index (κ2) is 10.1. The van der Waals surface area contributed by atoms with Crippen molar-refractivity contribution in [3.63, 3.8) is 0 Å². The summed E-state index contributed by atoms with van der Waals surface area (Å²) in [6.45, 7) is 5.71. The van der Waals surface area contributed by atoms with Gasteiger partial charge in [-0.15, -0.1) is 0 Å². The van der Waals surface area contributed by atoms with E-state index in [1.165, 1.54) is 0 Å². The molecule has 0 aliphatic heterocycles. The second-order valence-corrected chi connectivity index (χ2v) is 7.92. The van der Waals surface area contributed by atoms with Crippen LogP contribution >= 0.6 is 11.6 Å². The molecule has 0 aliphatic carbocycles. The normalized spacial score (nSPS) is 12.1.